The van der Waals surface area contributed by atoms with E-state index in [2.05, 4.69) is 5.32 Å². The SMILES string of the molecule is CCCNC(=O)Cn1cc(S(=O)(=O)N(CC)CC)ccc1=O. The van der Waals surface area contributed by atoms with E-state index in [4.69, 9.17) is 0 Å². The van der Waals surface area contributed by atoms with Crippen LogP contribution in [0.3, 0.4) is 0 Å². The van der Waals surface area contributed by atoms with Crippen molar-refractivity contribution in [3.8, 4) is 0 Å². The molecule has 22 heavy (non-hydrogen) atoms. The average Bonchev–Trinajstić information content (AvgIpc) is 2.48. The highest BCUT2D eigenvalue weighted by Gasteiger charge is 2.22. The van der Waals surface area contributed by atoms with E-state index < -0.39 is 15.6 Å². The molecule has 0 aliphatic heterocycles. The maximum Gasteiger partial charge on any atom is 0.251 e. The Kier molecular flexibility index (Phi) is 6.76. The van der Waals surface area contributed by atoms with Gasteiger partial charge in [0.05, 0.1) is 4.90 Å². The fraction of sp³-hybridized carbons (Fsp3) is 0.571. The van der Waals surface area contributed by atoms with Gasteiger partial charge >= 0.3 is 0 Å². The van der Waals surface area contributed by atoms with Crippen molar-refractivity contribution in [1.29, 1.82) is 0 Å². The highest BCUT2D eigenvalue weighted by Crippen LogP contribution is 2.13. The summed E-state index contributed by atoms with van der Waals surface area (Å²) in [5, 5.41) is 2.65. The van der Waals surface area contributed by atoms with Gasteiger partial charge in [-0.05, 0) is 12.5 Å². The summed E-state index contributed by atoms with van der Waals surface area (Å²) in [4.78, 5) is 23.5. The fourth-order valence-electron chi connectivity index (χ4n) is 1.97. The second-order valence-electron chi connectivity index (χ2n) is 4.77. The first-order valence-corrected chi connectivity index (χ1v) is 8.78. The Morgan fingerprint density at radius 1 is 1.23 bits per heavy atom. The van der Waals surface area contributed by atoms with Crippen LogP contribution >= 0.6 is 0 Å². The molecule has 124 valence electrons. The predicted octanol–water partition coefficient (Wildman–Crippen LogP) is 0.405. The van der Waals surface area contributed by atoms with Crippen LogP contribution in [0, 0.1) is 0 Å². The number of nitrogens with one attached hydrogen (secondary N) is 1. The van der Waals surface area contributed by atoms with Crippen LogP contribution in [-0.4, -0.2) is 42.8 Å². The van der Waals surface area contributed by atoms with Crippen LogP contribution in [0.2, 0.25) is 0 Å². The summed E-state index contributed by atoms with van der Waals surface area (Å²) in [6, 6.07) is 2.44. The first-order valence-electron chi connectivity index (χ1n) is 7.34. The predicted molar refractivity (Wildman–Crippen MR) is 84.1 cm³/mol. The first-order chi connectivity index (χ1) is 10.4. The zero-order valence-corrected chi connectivity index (χ0v) is 14.0. The lowest BCUT2D eigenvalue weighted by atomic mass is 10.4. The second-order valence-corrected chi connectivity index (χ2v) is 6.71. The Bertz CT molecular complexity index is 663. The zero-order chi connectivity index (χ0) is 16.8. The minimum absolute atomic E-state index is 0.0130. The van der Waals surface area contributed by atoms with Crippen molar-refractivity contribution >= 4 is 15.9 Å². The third-order valence-electron chi connectivity index (χ3n) is 3.19. The number of carbonyl (C=O) groups is 1. The Hall–Kier alpha value is -1.67. The molecule has 1 heterocycles. The standard InChI is InChI=1S/C14H23N3O4S/c1-4-9-15-13(18)11-16-10-12(7-8-14(16)19)22(20,21)17(5-2)6-3/h7-8,10H,4-6,9,11H2,1-3H3,(H,15,18). The van der Waals surface area contributed by atoms with Gasteiger partial charge in [-0.1, -0.05) is 20.8 Å². The van der Waals surface area contributed by atoms with Crippen molar-refractivity contribution in [1.82, 2.24) is 14.2 Å². The fourth-order valence-corrected chi connectivity index (χ4v) is 3.45. The van der Waals surface area contributed by atoms with Crippen molar-refractivity contribution in [2.75, 3.05) is 19.6 Å². The number of rotatable bonds is 8. The molecule has 0 spiro atoms. The Labute approximate surface area is 131 Å². The van der Waals surface area contributed by atoms with Crippen molar-refractivity contribution in [3.63, 3.8) is 0 Å². The minimum Gasteiger partial charge on any atom is -0.355 e. The molecule has 1 rings (SSSR count). The number of sulfonamides is 1. The van der Waals surface area contributed by atoms with E-state index in [1.807, 2.05) is 6.92 Å². The molecule has 1 amide bonds. The van der Waals surface area contributed by atoms with Gasteiger partial charge in [-0.25, -0.2) is 8.42 Å². The molecule has 8 heteroatoms. The van der Waals surface area contributed by atoms with Gasteiger partial charge in [0, 0.05) is 31.9 Å². The molecule has 7 nitrogen and oxygen atoms in total. The van der Waals surface area contributed by atoms with E-state index in [0.717, 1.165) is 11.0 Å². The highest BCUT2D eigenvalue weighted by atomic mass is 32.2. The summed E-state index contributed by atoms with van der Waals surface area (Å²) in [5.74, 6) is -0.318. The molecule has 1 N–H and O–H groups in total. The lowest BCUT2D eigenvalue weighted by molar-refractivity contribution is -0.121. The molecule has 0 atom stereocenters. The molecule has 0 fully saturated rings. The monoisotopic (exact) mass is 329 g/mol. The van der Waals surface area contributed by atoms with Crippen LogP contribution in [-0.2, 0) is 21.4 Å². The normalized spacial score (nSPS) is 11.6. The number of hydrogen-bond donors (Lipinski definition) is 1. The molecule has 0 aliphatic carbocycles. The van der Waals surface area contributed by atoms with E-state index in [9.17, 15) is 18.0 Å². The van der Waals surface area contributed by atoms with E-state index in [1.165, 1.54) is 22.6 Å². The van der Waals surface area contributed by atoms with Gasteiger partial charge in [-0.2, -0.15) is 4.31 Å². The van der Waals surface area contributed by atoms with Gasteiger partial charge < -0.3 is 9.88 Å². The lowest BCUT2D eigenvalue weighted by Crippen LogP contribution is -2.34. The van der Waals surface area contributed by atoms with Gasteiger partial charge in [-0.15, -0.1) is 0 Å². The number of amides is 1. The molecule has 0 aromatic carbocycles. The first kappa shape index (κ1) is 18.4. The van der Waals surface area contributed by atoms with Gasteiger partial charge in [0.15, 0.2) is 0 Å². The smallest absolute Gasteiger partial charge is 0.251 e. The molecule has 0 bridgehead atoms. The molecule has 0 aliphatic rings. The van der Waals surface area contributed by atoms with Crippen LogP contribution < -0.4 is 10.9 Å². The quantitative estimate of drug-likeness (QED) is 0.748. The molecule has 0 saturated carbocycles. The molecule has 0 saturated heterocycles. The Morgan fingerprint density at radius 3 is 2.41 bits per heavy atom. The summed E-state index contributed by atoms with van der Waals surface area (Å²) < 4.78 is 27.3. The van der Waals surface area contributed by atoms with E-state index in [0.29, 0.717) is 19.6 Å². The third-order valence-corrected chi connectivity index (χ3v) is 5.22. The van der Waals surface area contributed by atoms with Crippen LogP contribution in [0.4, 0.5) is 0 Å². The van der Waals surface area contributed by atoms with Crippen molar-refractivity contribution < 1.29 is 13.2 Å². The molecular weight excluding hydrogens is 306 g/mol. The van der Waals surface area contributed by atoms with Gasteiger partial charge in [-0.3, -0.25) is 9.59 Å². The lowest BCUT2D eigenvalue weighted by Gasteiger charge is -2.19. The van der Waals surface area contributed by atoms with Gasteiger partial charge in [0.25, 0.3) is 5.56 Å². The number of nitrogens with zero attached hydrogens (tertiary/aromatic N) is 2. The van der Waals surface area contributed by atoms with Crippen LogP contribution in [0.25, 0.3) is 0 Å². The summed E-state index contributed by atoms with van der Waals surface area (Å²) >= 11 is 0. The maximum absolute atomic E-state index is 12.4. The summed E-state index contributed by atoms with van der Waals surface area (Å²) in [6.45, 7) is 6.42. The largest absolute Gasteiger partial charge is 0.355 e. The van der Waals surface area contributed by atoms with E-state index >= 15 is 0 Å². The maximum atomic E-state index is 12.4. The van der Waals surface area contributed by atoms with Crippen LogP contribution in [0.5, 0.6) is 0 Å². The summed E-state index contributed by atoms with van der Waals surface area (Å²) in [5.41, 5.74) is -0.412. The minimum atomic E-state index is -3.65. The van der Waals surface area contributed by atoms with Crippen molar-refractivity contribution in [2.45, 2.75) is 38.6 Å². The molecule has 1 aromatic heterocycles. The number of carbonyl (C=O) groups excluding carboxylic acids is 1. The van der Waals surface area contributed by atoms with Gasteiger partial charge in [0.1, 0.15) is 6.54 Å². The second kappa shape index (κ2) is 8.09. The van der Waals surface area contributed by atoms with Crippen LogP contribution in [0.15, 0.2) is 28.0 Å². The summed E-state index contributed by atoms with van der Waals surface area (Å²) in [7, 11) is -3.65. The number of aromatic nitrogens is 1. The number of hydrogen-bond acceptors (Lipinski definition) is 4. The topological polar surface area (TPSA) is 88.5 Å². The van der Waals surface area contributed by atoms with Crippen molar-refractivity contribution in [3.05, 3.63) is 28.7 Å². The summed E-state index contributed by atoms with van der Waals surface area (Å²) in [6.07, 6.45) is 2.01. The zero-order valence-electron chi connectivity index (χ0n) is 13.2. The van der Waals surface area contributed by atoms with Gasteiger partial charge in [0.2, 0.25) is 15.9 Å². The highest BCUT2D eigenvalue weighted by molar-refractivity contribution is 7.89. The molecule has 1 aromatic rings. The molecule has 0 unspecified atom stereocenters. The Morgan fingerprint density at radius 2 is 1.86 bits per heavy atom. The van der Waals surface area contributed by atoms with Crippen molar-refractivity contribution in [2.24, 2.45) is 0 Å². The van der Waals surface area contributed by atoms with Crippen LogP contribution in [0.1, 0.15) is 27.2 Å². The molecular formula is C14H23N3O4S. The van der Waals surface area contributed by atoms with E-state index in [-0.39, 0.29) is 17.3 Å². The third kappa shape index (κ3) is 4.41. The molecule has 0 radical (unpaired) electrons. The average molecular weight is 329 g/mol. The number of pyridine rings is 1. The Balaban J connectivity index is 3.09. The van der Waals surface area contributed by atoms with E-state index in [1.54, 1.807) is 13.8 Å².